The van der Waals surface area contributed by atoms with Crippen LogP contribution < -0.4 is 15.4 Å². The summed E-state index contributed by atoms with van der Waals surface area (Å²) in [6, 6.07) is 5.76. The van der Waals surface area contributed by atoms with E-state index in [1.165, 1.54) is 19.3 Å². The maximum atomic E-state index is 11.6. The molecule has 5 nitrogen and oxygen atoms in total. The third kappa shape index (κ3) is 4.73. The van der Waals surface area contributed by atoms with Gasteiger partial charge in [-0.3, -0.25) is 10.1 Å². The standard InChI is InChI=1S/C20H30N2O3/c1-2-19(22-20(24)13-6-4-3-5-7-14-20)25-17-10-8-9-16-15(17)11-12-18(23)21-16/h8-10,19,22,24H,2-7,11-14H2,1H3,(H,21,23). The molecule has 1 atom stereocenters. The number of nitrogens with one attached hydrogen (secondary N) is 2. The van der Waals surface area contributed by atoms with Crippen molar-refractivity contribution in [2.45, 2.75) is 83.1 Å². The van der Waals surface area contributed by atoms with Crippen molar-refractivity contribution in [2.24, 2.45) is 0 Å². The Hall–Kier alpha value is -1.59. The first-order valence-electron chi connectivity index (χ1n) is 9.68. The highest BCUT2D eigenvalue weighted by Crippen LogP contribution is 2.32. The number of carbonyl (C=O) groups excluding carboxylic acids is 1. The van der Waals surface area contributed by atoms with Crippen LogP contribution in [0.1, 0.15) is 70.3 Å². The maximum absolute atomic E-state index is 11.6. The molecule has 25 heavy (non-hydrogen) atoms. The van der Waals surface area contributed by atoms with Crippen molar-refractivity contribution in [2.75, 3.05) is 5.32 Å². The molecule has 1 aliphatic carbocycles. The molecule has 1 fully saturated rings. The molecule has 1 aromatic carbocycles. The van der Waals surface area contributed by atoms with Crippen LogP contribution in [0.2, 0.25) is 0 Å². The predicted octanol–water partition coefficient (Wildman–Crippen LogP) is 3.71. The van der Waals surface area contributed by atoms with Gasteiger partial charge in [0.15, 0.2) is 6.23 Å². The van der Waals surface area contributed by atoms with Crippen LogP contribution in [-0.2, 0) is 11.2 Å². The number of amides is 1. The lowest BCUT2D eigenvalue weighted by atomic mass is 9.93. The van der Waals surface area contributed by atoms with Crippen LogP contribution in [0.4, 0.5) is 5.69 Å². The molecule has 1 saturated carbocycles. The van der Waals surface area contributed by atoms with Gasteiger partial charge in [-0.05, 0) is 50.7 Å². The zero-order valence-corrected chi connectivity index (χ0v) is 15.1. The first-order chi connectivity index (χ1) is 12.1. The number of fused-ring (bicyclic) bond motifs is 1. The molecule has 1 unspecified atom stereocenters. The van der Waals surface area contributed by atoms with Gasteiger partial charge in [0.25, 0.3) is 0 Å². The number of hydrogen-bond donors (Lipinski definition) is 3. The van der Waals surface area contributed by atoms with Gasteiger partial charge >= 0.3 is 0 Å². The summed E-state index contributed by atoms with van der Waals surface area (Å²) >= 11 is 0. The second kappa shape index (κ2) is 8.19. The minimum atomic E-state index is -0.843. The molecule has 0 radical (unpaired) electrons. The van der Waals surface area contributed by atoms with Crippen molar-refractivity contribution < 1.29 is 14.6 Å². The molecule has 2 aliphatic rings. The molecule has 3 rings (SSSR count). The third-order valence-corrected chi connectivity index (χ3v) is 5.26. The number of aliphatic hydroxyl groups is 1. The average molecular weight is 346 g/mol. The Morgan fingerprint density at radius 1 is 1.20 bits per heavy atom. The topological polar surface area (TPSA) is 70.6 Å². The maximum Gasteiger partial charge on any atom is 0.224 e. The lowest BCUT2D eigenvalue weighted by Crippen LogP contribution is -2.52. The van der Waals surface area contributed by atoms with E-state index in [0.29, 0.717) is 12.8 Å². The summed E-state index contributed by atoms with van der Waals surface area (Å²) in [6.45, 7) is 2.06. The summed E-state index contributed by atoms with van der Waals surface area (Å²) < 4.78 is 6.21. The summed E-state index contributed by atoms with van der Waals surface area (Å²) in [5.41, 5.74) is 1.05. The predicted molar refractivity (Wildman–Crippen MR) is 98.5 cm³/mol. The summed E-state index contributed by atoms with van der Waals surface area (Å²) in [6.07, 6.45) is 8.99. The molecular formula is C20H30N2O3. The molecule has 5 heteroatoms. The molecule has 0 spiro atoms. The Balaban J connectivity index is 1.70. The van der Waals surface area contributed by atoms with Crippen LogP contribution in [0.3, 0.4) is 0 Å². The zero-order chi connectivity index (χ0) is 17.7. The first kappa shape index (κ1) is 18.2. The number of rotatable bonds is 5. The molecule has 1 heterocycles. The fraction of sp³-hybridized carbons (Fsp3) is 0.650. The van der Waals surface area contributed by atoms with Gasteiger partial charge in [0, 0.05) is 17.7 Å². The van der Waals surface area contributed by atoms with E-state index >= 15 is 0 Å². The van der Waals surface area contributed by atoms with Gasteiger partial charge in [-0.15, -0.1) is 0 Å². The highest BCUT2D eigenvalue weighted by molar-refractivity contribution is 5.94. The van der Waals surface area contributed by atoms with E-state index < -0.39 is 5.72 Å². The highest BCUT2D eigenvalue weighted by atomic mass is 16.5. The van der Waals surface area contributed by atoms with E-state index in [1.807, 2.05) is 18.2 Å². The number of carbonyl (C=O) groups is 1. The minimum absolute atomic E-state index is 0.0543. The lowest BCUT2D eigenvalue weighted by Gasteiger charge is -2.35. The Morgan fingerprint density at radius 2 is 1.92 bits per heavy atom. The zero-order valence-electron chi connectivity index (χ0n) is 15.1. The van der Waals surface area contributed by atoms with Crippen LogP contribution in [-0.4, -0.2) is 23.0 Å². The highest BCUT2D eigenvalue weighted by Gasteiger charge is 2.30. The molecule has 3 N–H and O–H groups in total. The molecule has 1 aromatic rings. The minimum Gasteiger partial charge on any atom is -0.475 e. The summed E-state index contributed by atoms with van der Waals surface area (Å²) in [4.78, 5) is 11.6. The van der Waals surface area contributed by atoms with Gasteiger partial charge in [-0.25, -0.2) is 0 Å². The Kier molecular flexibility index (Phi) is 5.97. The SMILES string of the molecule is CCC(NC1(O)CCCCCCC1)Oc1cccc2c1CCC(=O)N2. The van der Waals surface area contributed by atoms with Crippen LogP contribution >= 0.6 is 0 Å². The summed E-state index contributed by atoms with van der Waals surface area (Å²) in [5.74, 6) is 0.852. The van der Waals surface area contributed by atoms with Crippen molar-refractivity contribution >= 4 is 11.6 Å². The summed E-state index contributed by atoms with van der Waals surface area (Å²) in [7, 11) is 0. The van der Waals surface area contributed by atoms with Crippen molar-refractivity contribution in [1.29, 1.82) is 0 Å². The fourth-order valence-electron chi connectivity index (χ4n) is 3.80. The smallest absolute Gasteiger partial charge is 0.224 e. The van der Waals surface area contributed by atoms with E-state index in [2.05, 4.69) is 17.6 Å². The number of ether oxygens (including phenoxy) is 1. The second-order valence-corrected chi connectivity index (χ2v) is 7.29. The van der Waals surface area contributed by atoms with E-state index in [0.717, 1.165) is 49.1 Å². The van der Waals surface area contributed by atoms with Crippen molar-refractivity contribution in [3.63, 3.8) is 0 Å². The van der Waals surface area contributed by atoms with Gasteiger partial charge in [0.2, 0.25) is 5.91 Å². The second-order valence-electron chi connectivity index (χ2n) is 7.29. The van der Waals surface area contributed by atoms with Crippen LogP contribution in [0.5, 0.6) is 5.75 Å². The number of benzene rings is 1. The van der Waals surface area contributed by atoms with Gasteiger partial charge in [0.1, 0.15) is 11.5 Å². The third-order valence-electron chi connectivity index (χ3n) is 5.26. The van der Waals surface area contributed by atoms with Crippen LogP contribution in [0.15, 0.2) is 18.2 Å². The Morgan fingerprint density at radius 3 is 2.64 bits per heavy atom. The van der Waals surface area contributed by atoms with Gasteiger partial charge < -0.3 is 15.2 Å². The average Bonchev–Trinajstić information content (AvgIpc) is 2.58. The first-order valence-corrected chi connectivity index (χ1v) is 9.68. The van der Waals surface area contributed by atoms with Crippen molar-refractivity contribution in [3.8, 4) is 5.75 Å². The molecule has 1 amide bonds. The van der Waals surface area contributed by atoms with E-state index in [4.69, 9.17) is 4.74 Å². The molecule has 0 aromatic heterocycles. The number of anilines is 1. The monoisotopic (exact) mass is 346 g/mol. The largest absolute Gasteiger partial charge is 0.475 e. The molecule has 1 aliphatic heterocycles. The lowest BCUT2D eigenvalue weighted by molar-refractivity contribution is -0.116. The molecule has 0 bridgehead atoms. The van der Waals surface area contributed by atoms with E-state index in [9.17, 15) is 9.90 Å². The van der Waals surface area contributed by atoms with Crippen LogP contribution in [0.25, 0.3) is 0 Å². The van der Waals surface area contributed by atoms with E-state index in [1.54, 1.807) is 0 Å². The molecule has 138 valence electrons. The molecule has 0 saturated heterocycles. The fourth-order valence-corrected chi connectivity index (χ4v) is 3.80. The Labute approximate surface area is 150 Å². The van der Waals surface area contributed by atoms with Crippen molar-refractivity contribution in [3.05, 3.63) is 23.8 Å². The van der Waals surface area contributed by atoms with Gasteiger partial charge in [0.05, 0.1) is 0 Å². The number of hydrogen-bond acceptors (Lipinski definition) is 4. The van der Waals surface area contributed by atoms with Gasteiger partial charge in [-0.1, -0.05) is 32.3 Å². The van der Waals surface area contributed by atoms with E-state index in [-0.39, 0.29) is 12.1 Å². The Bertz CT molecular complexity index is 595. The summed E-state index contributed by atoms with van der Waals surface area (Å²) in [5, 5.41) is 17.2. The normalized spacial score (nSPS) is 21.4. The molecular weight excluding hydrogens is 316 g/mol. The van der Waals surface area contributed by atoms with Crippen LogP contribution in [0, 0.1) is 0 Å². The van der Waals surface area contributed by atoms with Gasteiger partial charge in [-0.2, -0.15) is 0 Å². The van der Waals surface area contributed by atoms with Crippen molar-refractivity contribution in [1.82, 2.24) is 5.32 Å². The quantitative estimate of drug-likeness (QED) is 0.711.